The van der Waals surface area contributed by atoms with Gasteiger partial charge in [-0.3, -0.25) is 0 Å². The summed E-state index contributed by atoms with van der Waals surface area (Å²) in [5.41, 5.74) is -8.07. The van der Waals surface area contributed by atoms with E-state index in [-0.39, 0.29) is 12.1 Å². The fourth-order valence-corrected chi connectivity index (χ4v) is 3.37. The lowest BCUT2D eigenvalue weighted by Gasteiger charge is -2.30. The summed E-state index contributed by atoms with van der Waals surface area (Å²) in [5, 5.41) is 4.76. The monoisotopic (exact) mass is 512 g/mol. The maximum Gasteiger partial charge on any atom is 0.416 e. The second-order valence-electron chi connectivity index (χ2n) is 7.21. The summed E-state index contributed by atoms with van der Waals surface area (Å²) in [4.78, 5) is 0. The lowest BCUT2D eigenvalue weighted by Crippen LogP contribution is -2.33. The molecule has 2 nitrogen and oxygen atoms in total. The predicted octanol–water partition coefficient (Wildman–Crippen LogP) is 6.98. The van der Waals surface area contributed by atoms with Crippen LogP contribution in [0.3, 0.4) is 0 Å². The topological polar surface area (TPSA) is 24.1 Å². The van der Waals surface area contributed by atoms with Gasteiger partial charge in [0.2, 0.25) is 0 Å². The molecule has 2 N–H and O–H groups in total. The molecule has 190 valence electrons. The molecule has 2 rings (SSSR count). The van der Waals surface area contributed by atoms with E-state index in [0.29, 0.717) is 24.3 Å². The minimum absolute atomic E-state index is 0.142. The molecule has 0 bridgehead atoms. The van der Waals surface area contributed by atoms with Gasteiger partial charge in [0.05, 0.1) is 34.3 Å². The molecular weight excluding hydrogens is 496 g/mol. The Kier molecular flexibility index (Phi) is 7.58. The van der Waals surface area contributed by atoms with Crippen molar-refractivity contribution >= 4 is 0 Å². The summed E-state index contributed by atoms with van der Waals surface area (Å²) in [6.45, 7) is 0. The lowest BCUT2D eigenvalue weighted by molar-refractivity contribution is -0.144. The van der Waals surface area contributed by atoms with E-state index >= 15 is 0 Å². The SMILES string of the molecule is CN[C@H](c1cc(C(F)(F)F)cc(C(F)(F)F)c1)[C@H](NC)c1cc(C(F)(F)F)cc(C(F)(F)F)c1. The molecule has 2 aromatic carbocycles. The Morgan fingerprint density at radius 1 is 0.441 bits per heavy atom. The Labute approximate surface area is 184 Å². The zero-order chi connectivity index (χ0) is 26.3. The predicted molar refractivity (Wildman–Crippen MR) is 96.5 cm³/mol. The van der Waals surface area contributed by atoms with Gasteiger partial charge in [-0.1, -0.05) is 0 Å². The smallest absolute Gasteiger partial charge is 0.311 e. The minimum Gasteiger partial charge on any atom is -0.311 e. The summed E-state index contributed by atoms with van der Waals surface area (Å²) < 4.78 is 159. The van der Waals surface area contributed by atoms with Gasteiger partial charge >= 0.3 is 24.7 Å². The first kappa shape index (κ1) is 27.8. The molecule has 0 spiro atoms. The molecule has 34 heavy (non-hydrogen) atoms. The number of benzene rings is 2. The molecule has 0 aliphatic carbocycles. The van der Waals surface area contributed by atoms with Crippen LogP contribution in [0.15, 0.2) is 36.4 Å². The number of hydrogen-bond acceptors (Lipinski definition) is 2. The highest BCUT2D eigenvalue weighted by atomic mass is 19.4. The highest BCUT2D eigenvalue weighted by Gasteiger charge is 2.40. The average molecular weight is 512 g/mol. The lowest BCUT2D eigenvalue weighted by atomic mass is 9.89. The van der Waals surface area contributed by atoms with Crippen LogP contribution in [0.5, 0.6) is 0 Å². The highest BCUT2D eigenvalue weighted by molar-refractivity contribution is 5.40. The summed E-state index contributed by atoms with van der Waals surface area (Å²) in [5.74, 6) is 0. The molecule has 0 radical (unpaired) electrons. The Morgan fingerprint density at radius 2 is 0.647 bits per heavy atom. The summed E-state index contributed by atoms with van der Waals surface area (Å²) in [6, 6.07) is -2.07. The van der Waals surface area contributed by atoms with Crippen LogP contribution in [-0.4, -0.2) is 14.1 Å². The van der Waals surface area contributed by atoms with Crippen molar-refractivity contribution in [3.8, 4) is 0 Å². The normalized spacial score (nSPS) is 15.4. The van der Waals surface area contributed by atoms with Gasteiger partial charge in [0.15, 0.2) is 0 Å². The van der Waals surface area contributed by atoms with E-state index in [1.54, 1.807) is 0 Å². The van der Waals surface area contributed by atoms with Crippen molar-refractivity contribution in [3.05, 3.63) is 69.8 Å². The van der Waals surface area contributed by atoms with Gasteiger partial charge in [-0.25, -0.2) is 0 Å². The Morgan fingerprint density at radius 3 is 0.794 bits per heavy atom. The van der Waals surface area contributed by atoms with E-state index in [1.807, 2.05) is 0 Å². The first-order chi connectivity index (χ1) is 15.3. The average Bonchev–Trinajstić information content (AvgIpc) is 2.68. The van der Waals surface area contributed by atoms with Crippen LogP contribution in [0, 0.1) is 0 Å². The molecule has 2 aromatic rings. The fourth-order valence-electron chi connectivity index (χ4n) is 3.37. The van der Waals surface area contributed by atoms with Crippen LogP contribution >= 0.6 is 0 Å². The zero-order valence-corrected chi connectivity index (χ0v) is 17.2. The summed E-state index contributed by atoms with van der Waals surface area (Å²) in [6.07, 6.45) is -20.8. The molecule has 0 heterocycles. The maximum absolute atomic E-state index is 13.2. The van der Waals surface area contributed by atoms with Crippen LogP contribution < -0.4 is 10.6 Å². The zero-order valence-electron chi connectivity index (χ0n) is 17.2. The second-order valence-corrected chi connectivity index (χ2v) is 7.21. The molecule has 0 amide bonds. The van der Waals surface area contributed by atoms with Gasteiger partial charge in [-0.2, -0.15) is 52.7 Å². The number of nitrogens with one attached hydrogen (secondary N) is 2. The van der Waals surface area contributed by atoms with Crippen LogP contribution in [0.4, 0.5) is 52.7 Å². The molecular formula is C20H16F12N2. The Balaban J connectivity index is 2.76. The van der Waals surface area contributed by atoms with E-state index < -0.39 is 70.2 Å². The Bertz CT molecular complexity index is 857. The van der Waals surface area contributed by atoms with Crippen LogP contribution in [0.25, 0.3) is 0 Å². The van der Waals surface area contributed by atoms with E-state index in [2.05, 4.69) is 10.6 Å². The molecule has 0 fully saturated rings. The third kappa shape index (κ3) is 6.34. The number of hydrogen-bond donors (Lipinski definition) is 2. The van der Waals surface area contributed by atoms with Crippen molar-refractivity contribution < 1.29 is 52.7 Å². The molecule has 14 heteroatoms. The summed E-state index contributed by atoms with van der Waals surface area (Å²) >= 11 is 0. The van der Waals surface area contributed by atoms with Gasteiger partial charge in [0, 0.05) is 0 Å². The molecule has 0 aromatic heterocycles. The largest absolute Gasteiger partial charge is 0.416 e. The number of likely N-dealkylation sites (N-methyl/N-ethyl adjacent to an activating group) is 2. The molecule has 0 aliphatic rings. The van der Waals surface area contributed by atoms with E-state index in [4.69, 9.17) is 0 Å². The van der Waals surface area contributed by atoms with Crippen LogP contribution in [0.1, 0.15) is 45.5 Å². The van der Waals surface area contributed by atoms with E-state index in [0.717, 1.165) is 14.1 Å². The number of halogens is 12. The molecule has 0 unspecified atom stereocenters. The van der Waals surface area contributed by atoms with Gasteiger partial charge < -0.3 is 10.6 Å². The van der Waals surface area contributed by atoms with Crippen molar-refractivity contribution in [1.82, 2.24) is 10.6 Å². The number of rotatable bonds is 5. The summed E-state index contributed by atoms with van der Waals surface area (Å²) in [7, 11) is 2.17. The van der Waals surface area contributed by atoms with Gasteiger partial charge in [0.1, 0.15) is 0 Å². The molecule has 2 atom stereocenters. The maximum atomic E-state index is 13.2. The van der Waals surface area contributed by atoms with Crippen molar-refractivity contribution in [3.63, 3.8) is 0 Å². The molecule has 0 saturated carbocycles. The van der Waals surface area contributed by atoms with Crippen molar-refractivity contribution in [2.45, 2.75) is 36.8 Å². The van der Waals surface area contributed by atoms with Crippen molar-refractivity contribution in [2.24, 2.45) is 0 Å². The Hall–Kier alpha value is -2.48. The first-order valence-electron chi connectivity index (χ1n) is 9.22. The van der Waals surface area contributed by atoms with E-state index in [9.17, 15) is 52.7 Å². The van der Waals surface area contributed by atoms with Crippen molar-refractivity contribution in [2.75, 3.05) is 14.1 Å². The highest BCUT2D eigenvalue weighted by Crippen LogP contribution is 2.42. The second kappa shape index (κ2) is 9.29. The van der Waals surface area contributed by atoms with Crippen LogP contribution in [0.2, 0.25) is 0 Å². The van der Waals surface area contributed by atoms with Crippen LogP contribution in [-0.2, 0) is 24.7 Å². The fraction of sp³-hybridized carbons (Fsp3) is 0.400. The van der Waals surface area contributed by atoms with Gasteiger partial charge in [0.25, 0.3) is 0 Å². The van der Waals surface area contributed by atoms with Crippen molar-refractivity contribution in [1.29, 1.82) is 0 Å². The quantitative estimate of drug-likeness (QED) is 0.423. The molecule has 0 saturated heterocycles. The number of alkyl halides is 12. The van der Waals surface area contributed by atoms with E-state index in [1.165, 1.54) is 0 Å². The first-order valence-corrected chi connectivity index (χ1v) is 9.22. The standard InChI is InChI=1S/C20H16F12N2/c1-33-15(9-3-11(17(21,22)23)7-12(4-9)18(24,25)26)16(34-2)10-5-13(19(27,28)29)8-14(6-10)20(30,31)32/h3-8,15-16,33-34H,1-2H3/t15-,16-/m1/s1. The third-order valence-corrected chi connectivity index (χ3v) is 4.89. The third-order valence-electron chi connectivity index (χ3n) is 4.89. The van der Waals surface area contributed by atoms with Gasteiger partial charge in [-0.15, -0.1) is 0 Å². The van der Waals surface area contributed by atoms with Gasteiger partial charge in [-0.05, 0) is 61.6 Å². The molecule has 0 aliphatic heterocycles. The minimum atomic E-state index is -5.21.